The summed E-state index contributed by atoms with van der Waals surface area (Å²) in [6, 6.07) is 13.9. The van der Waals surface area contributed by atoms with E-state index in [1.54, 1.807) is 10.9 Å². The molecule has 2 heterocycles. The minimum Gasteiger partial charge on any atom is -0.307 e. The molecule has 0 aliphatic carbocycles. The summed E-state index contributed by atoms with van der Waals surface area (Å²) >= 11 is 0. The zero-order valence-electron chi connectivity index (χ0n) is 16.2. The molecule has 6 heteroatoms. The van der Waals surface area contributed by atoms with Gasteiger partial charge in [-0.25, -0.2) is 0 Å². The van der Waals surface area contributed by atoms with E-state index in [0.29, 0.717) is 11.4 Å². The summed E-state index contributed by atoms with van der Waals surface area (Å²) in [5, 5.41) is 7.06. The monoisotopic (exact) mass is 363 g/mol. The Morgan fingerprint density at radius 1 is 1.22 bits per heavy atom. The predicted molar refractivity (Wildman–Crippen MR) is 106 cm³/mol. The molecule has 1 aromatic carbocycles. The summed E-state index contributed by atoms with van der Waals surface area (Å²) in [6.45, 7) is 4.84. The molecule has 0 fully saturated rings. The number of hydrogen-bond acceptors (Lipinski definition) is 4. The first-order valence-corrected chi connectivity index (χ1v) is 8.95. The molecule has 6 nitrogen and oxygen atoms in total. The van der Waals surface area contributed by atoms with Crippen LogP contribution in [-0.4, -0.2) is 32.6 Å². The van der Waals surface area contributed by atoms with Crippen LogP contribution in [0.3, 0.4) is 0 Å². The molecule has 2 aromatic heterocycles. The van der Waals surface area contributed by atoms with E-state index in [-0.39, 0.29) is 11.9 Å². The Labute approximate surface area is 159 Å². The third-order valence-electron chi connectivity index (χ3n) is 4.78. The first kappa shape index (κ1) is 18.8. The minimum atomic E-state index is -0.136. The predicted octanol–water partition coefficient (Wildman–Crippen LogP) is 3.57. The first-order chi connectivity index (χ1) is 13.0. The first-order valence-electron chi connectivity index (χ1n) is 8.95. The number of benzene rings is 1. The fraction of sp³-hybridized carbons (Fsp3) is 0.286. The van der Waals surface area contributed by atoms with Crippen LogP contribution in [0.4, 0.5) is 5.82 Å². The summed E-state index contributed by atoms with van der Waals surface area (Å²) in [4.78, 5) is 19.1. The van der Waals surface area contributed by atoms with E-state index in [1.807, 2.05) is 62.6 Å². The molecule has 1 N–H and O–H groups in total. The lowest BCUT2D eigenvalue weighted by molar-refractivity contribution is 0.102. The molecule has 0 saturated carbocycles. The number of nitrogens with one attached hydrogen (secondary N) is 1. The SMILES string of the molecule is Cc1cnn(C)c1NC(=O)c1ccc(CN(C)[C@H](C)c2ccccn2)cc1. The van der Waals surface area contributed by atoms with Gasteiger partial charge in [0, 0.05) is 37.0 Å². The Morgan fingerprint density at radius 2 is 1.96 bits per heavy atom. The van der Waals surface area contributed by atoms with E-state index in [2.05, 4.69) is 34.3 Å². The van der Waals surface area contributed by atoms with Crippen molar-refractivity contribution in [1.29, 1.82) is 0 Å². The van der Waals surface area contributed by atoms with Gasteiger partial charge in [0.05, 0.1) is 11.9 Å². The average Bonchev–Trinajstić information content (AvgIpc) is 3.00. The van der Waals surface area contributed by atoms with E-state index in [9.17, 15) is 4.79 Å². The van der Waals surface area contributed by atoms with Crippen LogP contribution in [-0.2, 0) is 13.6 Å². The van der Waals surface area contributed by atoms with Crippen LogP contribution >= 0.6 is 0 Å². The lowest BCUT2D eigenvalue weighted by Gasteiger charge is -2.24. The third kappa shape index (κ3) is 4.41. The van der Waals surface area contributed by atoms with Crippen molar-refractivity contribution in [3.05, 3.63) is 77.2 Å². The van der Waals surface area contributed by atoms with E-state index in [0.717, 1.165) is 23.4 Å². The van der Waals surface area contributed by atoms with Crippen LogP contribution < -0.4 is 5.32 Å². The Hall–Kier alpha value is -2.99. The molecule has 1 amide bonds. The van der Waals surface area contributed by atoms with Crippen molar-refractivity contribution >= 4 is 11.7 Å². The number of carbonyl (C=O) groups is 1. The number of pyridine rings is 1. The summed E-state index contributed by atoms with van der Waals surface area (Å²) in [5.41, 5.74) is 3.75. The Morgan fingerprint density at radius 3 is 2.56 bits per heavy atom. The van der Waals surface area contributed by atoms with Gasteiger partial charge in [-0.15, -0.1) is 0 Å². The molecule has 0 radical (unpaired) electrons. The smallest absolute Gasteiger partial charge is 0.256 e. The molecule has 0 aliphatic rings. The molecule has 0 aliphatic heterocycles. The van der Waals surface area contributed by atoms with Crippen LogP contribution in [0.1, 0.15) is 40.1 Å². The van der Waals surface area contributed by atoms with Gasteiger partial charge in [-0.2, -0.15) is 5.10 Å². The van der Waals surface area contributed by atoms with E-state index >= 15 is 0 Å². The highest BCUT2D eigenvalue weighted by atomic mass is 16.1. The van der Waals surface area contributed by atoms with Crippen molar-refractivity contribution in [2.75, 3.05) is 12.4 Å². The maximum Gasteiger partial charge on any atom is 0.256 e. The molecule has 0 spiro atoms. The van der Waals surface area contributed by atoms with Crippen LogP contribution in [0.25, 0.3) is 0 Å². The number of amides is 1. The second-order valence-electron chi connectivity index (χ2n) is 6.80. The number of hydrogen-bond donors (Lipinski definition) is 1. The quantitative estimate of drug-likeness (QED) is 0.727. The van der Waals surface area contributed by atoms with Gasteiger partial charge in [-0.3, -0.25) is 19.4 Å². The van der Waals surface area contributed by atoms with Gasteiger partial charge in [0.1, 0.15) is 5.82 Å². The van der Waals surface area contributed by atoms with E-state index < -0.39 is 0 Å². The summed E-state index contributed by atoms with van der Waals surface area (Å²) in [5.74, 6) is 0.580. The maximum atomic E-state index is 12.5. The molecule has 0 unspecified atom stereocenters. The van der Waals surface area contributed by atoms with E-state index in [1.165, 1.54) is 0 Å². The number of aryl methyl sites for hydroxylation is 2. The van der Waals surface area contributed by atoms with Crippen molar-refractivity contribution in [1.82, 2.24) is 19.7 Å². The molecule has 0 saturated heterocycles. The number of anilines is 1. The largest absolute Gasteiger partial charge is 0.307 e. The van der Waals surface area contributed by atoms with Crippen LogP contribution in [0, 0.1) is 6.92 Å². The van der Waals surface area contributed by atoms with Crippen molar-refractivity contribution in [3.8, 4) is 0 Å². The highest BCUT2D eigenvalue weighted by molar-refractivity contribution is 6.04. The molecule has 27 heavy (non-hydrogen) atoms. The summed E-state index contributed by atoms with van der Waals surface area (Å²) < 4.78 is 1.66. The molecule has 3 rings (SSSR count). The fourth-order valence-electron chi connectivity index (χ4n) is 2.94. The Balaban J connectivity index is 1.64. The number of carbonyl (C=O) groups excluding carboxylic acids is 1. The molecule has 0 bridgehead atoms. The minimum absolute atomic E-state index is 0.136. The lowest BCUT2D eigenvalue weighted by atomic mass is 10.1. The van der Waals surface area contributed by atoms with Gasteiger partial charge in [-0.1, -0.05) is 18.2 Å². The zero-order valence-corrected chi connectivity index (χ0v) is 16.2. The second-order valence-corrected chi connectivity index (χ2v) is 6.80. The van der Waals surface area contributed by atoms with Gasteiger partial charge in [0.15, 0.2) is 0 Å². The van der Waals surface area contributed by atoms with Crippen molar-refractivity contribution in [2.45, 2.75) is 26.4 Å². The zero-order chi connectivity index (χ0) is 19.4. The van der Waals surface area contributed by atoms with Crippen molar-refractivity contribution < 1.29 is 4.79 Å². The summed E-state index contributed by atoms with van der Waals surface area (Å²) in [6.07, 6.45) is 3.55. The summed E-state index contributed by atoms with van der Waals surface area (Å²) in [7, 11) is 3.88. The average molecular weight is 363 g/mol. The molecular weight excluding hydrogens is 338 g/mol. The number of rotatable bonds is 6. The Kier molecular flexibility index (Phi) is 5.66. The second kappa shape index (κ2) is 8.14. The maximum absolute atomic E-state index is 12.5. The van der Waals surface area contributed by atoms with Crippen LogP contribution in [0.5, 0.6) is 0 Å². The normalized spacial score (nSPS) is 12.2. The van der Waals surface area contributed by atoms with Gasteiger partial charge in [0.2, 0.25) is 0 Å². The van der Waals surface area contributed by atoms with Crippen molar-refractivity contribution in [3.63, 3.8) is 0 Å². The standard InChI is InChI=1S/C21H25N5O/c1-15-13-23-26(4)20(15)24-21(27)18-10-8-17(9-11-18)14-25(3)16(2)19-7-5-6-12-22-19/h5-13,16H,14H2,1-4H3,(H,24,27)/t16-/m1/s1. The third-order valence-corrected chi connectivity index (χ3v) is 4.78. The van der Waals surface area contributed by atoms with Gasteiger partial charge in [-0.05, 0) is 50.7 Å². The topological polar surface area (TPSA) is 63.1 Å². The molecular formula is C21H25N5O. The molecule has 1 atom stereocenters. The lowest BCUT2D eigenvalue weighted by Crippen LogP contribution is -2.22. The molecule has 3 aromatic rings. The molecule has 140 valence electrons. The highest BCUT2D eigenvalue weighted by Gasteiger charge is 2.14. The van der Waals surface area contributed by atoms with E-state index in [4.69, 9.17) is 0 Å². The highest BCUT2D eigenvalue weighted by Crippen LogP contribution is 2.19. The van der Waals surface area contributed by atoms with Crippen molar-refractivity contribution in [2.24, 2.45) is 7.05 Å². The van der Waals surface area contributed by atoms with Gasteiger partial charge in [0.25, 0.3) is 5.91 Å². The van der Waals surface area contributed by atoms with Crippen LogP contribution in [0.2, 0.25) is 0 Å². The number of aromatic nitrogens is 3. The Bertz CT molecular complexity index is 883. The number of nitrogens with zero attached hydrogens (tertiary/aromatic N) is 4. The van der Waals surface area contributed by atoms with Gasteiger partial charge >= 0.3 is 0 Å². The van der Waals surface area contributed by atoms with Crippen LogP contribution in [0.15, 0.2) is 54.9 Å². The fourth-order valence-corrected chi connectivity index (χ4v) is 2.94. The van der Waals surface area contributed by atoms with Gasteiger partial charge < -0.3 is 5.32 Å².